The molecule has 0 unspecified atom stereocenters. The smallest absolute Gasteiger partial charge is 0.258 e. The molecule has 5 aliphatic carbocycles. The number of aromatic nitrogens is 8. The minimum Gasteiger partial charge on any atom is -0.497 e. The maximum atomic E-state index is 13.0. The number of carbonyl (C=O) groups is 6. The van der Waals surface area contributed by atoms with E-state index in [9.17, 15) is 33.2 Å². The second-order valence-electron chi connectivity index (χ2n) is 36.2. The number of carbonyl (C=O) groups excluding carboxylic acids is 6. The van der Waals surface area contributed by atoms with Crippen LogP contribution in [0.3, 0.4) is 0 Å². The number of hydrogen-bond donors (Lipinski definition) is 6. The summed E-state index contributed by atoms with van der Waals surface area (Å²) >= 11 is 5.86. The fourth-order valence-corrected chi connectivity index (χ4v) is 16.6. The highest BCUT2D eigenvalue weighted by Gasteiger charge is 2.27. The molecule has 0 saturated heterocycles. The Morgan fingerprint density at radius 2 is 0.625 bits per heavy atom. The number of para-hydroxylation sites is 2. The minimum absolute atomic E-state index is 0.0391. The molecular weight excluding hydrogens is 1840 g/mol. The van der Waals surface area contributed by atoms with Crippen LogP contribution in [-0.2, 0) is 39.6 Å². The van der Waals surface area contributed by atoms with Crippen molar-refractivity contribution in [3.8, 4) is 40.2 Å². The van der Waals surface area contributed by atoms with Crippen LogP contribution in [0.5, 0.6) is 40.2 Å². The summed E-state index contributed by atoms with van der Waals surface area (Å²) in [5.74, 6) is 6.44. The number of nitrogens with one attached hydrogen (secondary N) is 6. The monoisotopic (exact) mass is 1970 g/mol. The second-order valence-corrected chi connectivity index (χ2v) is 36.7. The van der Waals surface area contributed by atoms with E-state index in [1.54, 1.807) is 129 Å². The number of hydrogen-bond acceptors (Lipinski definition) is 21. The Bertz CT molecular complexity index is 6020. The number of halogens is 2. The van der Waals surface area contributed by atoms with Crippen molar-refractivity contribution in [2.75, 3.05) is 12.4 Å². The maximum absolute atomic E-state index is 13.0. The quantitative estimate of drug-likeness (QED) is 0.0218. The molecule has 0 spiro atoms. The summed E-state index contributed by atoms with van der Waals surface area (Å²) in [5.41, 5.74) is 7.96. The van der Waals surface area contributed by atoms with Crippen LogP contribution < -0.4 is 65.1 Å². The first-order valence-corrected chi connectivity index (χ1v) is 50.1. The van der Waals surface area contributed by atoms with Gasteiger partial charge in [-0.3, -0.25) is 63.7 Å². The van der Waals surface area contributed by atoms with E-state index in [0.717, 1.165) is 82.9 Å². The van der Waals surface area contributed by atoms with Gasteiger partial charge in [0.05, 0.1) is 80.9 Å². The van der Waals surface area contributed by atoms with Gasteiger partial charge < -0.3 is 65.1 Å². The Morgan fingerprint density at radius 1 is 0.306 bits per heavy atom. The third-order valence-corrected chi connectivity index (χ3v) is 25.8. The zero-order valence-electron chi connectivity index (χ0n) is 82.1. The van der Waals surface area contributed by atoms with Crippen molar-refractivity contribution in [3.05, 3.63) is 371 Å². The Balaban J connectivity index is 0.000000145. The topological polar surface area (TPSA) is 342 Å². The van der Waals surface area contributed by atoms with Crippen molar-refractivity contribution in [1.29, 1.82) is 0 Å². The van der Waals surface area contributed by atoms with Crippen LogP contribution in [0.1, 0.15) is 252 Å². The largest absolute Gasteiger partial charge is 0.497 e. The number of nitrogens with zero attached hydrogens (tertiary/aromatic N) is 8. The van der Waals surface area contributed by atoms with E-state index >= 15 is 0 Å². The Morgan fingerprint density at radius 3 is 0.944 bits per heavy atom. The van der Waals surface area contributed by atoms with Crippen LogP contribution in [0.4, 0.5) is 10.2 Å². The molecule has 3 atom stereocenters. The molecular formula is C115H128ClFN14O13. The molecule has 5 aliphatic rings. The molecule has 29 heteroatoms. The molecule has 0 radical (unpaired) electrons. The van der Waals surface area contributed by atoms with Gasteiger partial charge in [-0.15, -0.1) is 0 Å². The van der Waals surface area contributed by atoms with Gasteiger partial charge in [0.15, 0.2) is 0 Å². The van der Waals surface area contributed by atoms with E-state index < -0.39 is 0 Å². The summed E-state index contributed by atoms with van der Waals surface area (Å²) in [4.78, 5) is 107. The molecule has 750 valence electrons. The summed E-state index contributed by atoms with van der Waals surface area (Å²) in [6.07, 6.45) is 40.1. The summed E-state index contributed by atoms with van der Waals surface area (Å²) in [6, 6.07) is 71.5. The molecule has 6 amide bonds. The normalized spacial score (nSPS) is 14.5. The zero-order valence-corrected chi connectivity index (χ0v) is 82.8. The minimum atomic E-state index is -0.339. The van der Waals surface area contributed by atoms with Gasteiger partial charge in [-0.1, -0.05) is 118 Å². The van der Waals surface area contributed by atoms with Crippen molar-refractivity contribution < 1.29 is 66.3 Å². The number of methoxy groups -OCH3 is 1. The fraction of sp³-hybridized carbons (Fsp3) is 0.339. The number of ether oxygens (including phenoxy) is 7. The van der Waals surface area contributed by atoms with Gasteiger partial charge in [0.1, 0.15) is 91.5 Å². The van der Waals surface area contributed by atoms with E-state index in [0.29, 0.717) is 124 Å². The lowest BCUT2D eigenvalue weighted by molar-refractivity contribution is 0.0908. The molecule has 8 heterocycles. The number of pyridine rings is 8. The van der Waals surface area contributed by atoms with Crippen LogP contribution in [0, 0.1) is 23.6 Å². The summed E-state index contributed by atoms with van der Waals surface area (Å²) in [6.45, 7) is 8.36. The molecule has 6 N–H and O–H groups in total. The van der Waals surface area contributed by atoms with Gasteiger partial charge in [-0.2, -0.15) is 0 Å². The lowest BCUT2D eigenvalue weighted by Gasteiger charge is -2.28. The average molecular weight is 1970 g/mol. The fourth-order valence-electron chi connectivity index (χ4n) is 16.4. The van der Waals surface area contributed by atoms with Crippen molar-refractivity contribution >= 4 is 52.9 Å². The lowest BCUT2D eigenvalue weighted by atomic mass is 9.84. The summed E-state index contributed by atoms with van der Waals surface area (Å²) in [5, 5.41) is 18.7. The van der Waals surface area contributed by atoms with E-state index in [1.807, 2.05) is 146 Å². The van der Waals surface area contributed by atoms with Crippen LogP contribution in [0.2, 0.25) is 5.02 Å². The molecule has 144 heavy (non-hydrogen) atoms. The van der Waals surface area contributed by atoms with Crippen LogP contribution >= 0.6 is 11.6 Å². The molecule has 18 rings (SSSR count). The molecule has 0 bridgehead atoms. The molecule has 13 aromatic rings. The summed E-state index contributed by atoms with van der Waals surface area (Å²) < 4.78 is 51.9. The molecule has 5 saturated carbocycles. The lowest BCUT2D eigenvalue weighted by Crippen LogP contribution is -2.39. The Hall–Kier alpha value is -15.1. The highest BCUT2D eigenvalue weighted by Crippen LogP contribution is 2.31. The Kier molecular flexibility index (Phi) is 42.6. The molecule has 27 nitrogen and oxygen atoms in total. The van der Waals surface area contributed by atoms with E-state index in [4.69, 9.17) is 44.8 Å². The maximum Gasteiger partial charge on any atom is 0.258 e. The first-order chi connectivity index (χ1) is 70.3. The first kappa shape index (κ1) is 106. The predicted octanol–water partition coefficient (Wildman–Crippen LogP) is 22.5. The van der Waals surface area contributed by atoms with Gasteiger partial charge in [0.25, 0.3) is 35.4 Å². The third-order valence-electron chi connectivity index (χ3n) is 25.6. The average Bonchev–Trinajstić information content (AvgIpc) is 0.864. The number of rotatable bonds is 34. The highest BCUT2D eigenvalue weighted by molar-refractivity contribution is 6.30. The molecule has 5 fully saturated rings. The SMILES string of the molecule is COc1ccc(OCc2ccc(C(=O)N[C@H](C)C3CCCCC3)cn2)cc1.C[C@@H](NC(=O)c1ccc(COc2ccc(Cl)cc2)nc1)C1CCCCC1.C[C@@H](NC(=O)c1ccc(COc2cccnc2)nc1)C1CCCCC1.O=C(NC1CCC1)c1ccc(COc2cccc(F)c2)nc1.O=C(NC1CCC1)c1ccc(COc2ccccc2)nc1.O=C(Nc1ccccn1)c1ccc(COc2ccccc2)nc1. The third kappa shape index (κ3) is 36.5. The van der Waals surface area contributed by atoms with Gasteiger partial charge in [-0.05, 0) is 298 Å². The molecule has 0 aliphatic heterocycles. The van der Waals surface area contributed by atoms with Gasteiger partial charge in [0, 0.05) is 90.9 Å². The van der Waals surface area contributed by atoms with Gasteiger partial charge in [-0.25, -0.2) is 9.37 Å². The van der Waals surface area contributed by atoms with Gasteiger partial charge in [0.2, 0.25) is 0 Å². The van der Waals surface area contributed by atoms with E-state index in [2.05, 4.69) is 92.5 Å². The van der Waals surface area contributed by atoms with E-state index in [1.165, 1.54) is 134 Å². The standard InChI is InChI=1S/C22H28N2O3.C21H25ClN2O2.C20H25N3O2.C18H15N3O2.C17H17FN2O2.C17H18N2O2/c1-16(17-6-4-3-5-7-17)24-22(25)18-8-9-19(23-14-18)15-27-21-12-10-20(26-2)11-13-21;1-15(16-5-3-2-4-6-16)24-21(25)17-7-10-19(23-13-17)14-26-20-11-8-18(22)9-12-20;1-15(16-6-3-2-4-7-16)23-20(24)17-9-10-18(22-12-17)14-25-19-8-5-11-21-13-19;22-18(21-17-8-4-5-11-19-17)14-9-10-15(20-12-14)13-23-16-6-2-1-3-7-16;18-13-3-1-6-16(9-13)22-11-15-8-7-12(10-19-15)17(21)20-14-4-2-5-14;20-17(19-14-5-4-6-14)13-9-10-15(18-11-13)12-21-16-7-2-1-3-8-16/h8-14,16-17H,3-7,15H2,1-2H3,(H,24,25);7-13,15-16H,2-6,14H2,1H3,(H,24,25);5,8-13,15-16H,2-4,6-7,14H2,1H3,(H,23,24);1-12H,13H2,(H,19,21,22);1,3,6-10,14H,2,4-5,11H2,(H,20,21);1-3,7-11,14H,4-6,12H2,(H,19,20)/t16-;2*15-;;;/m111.../s1. The van der Waals surface area contributed by atoms with Crippen LogP contribution in [-0.4, -0.2) is 113 Å². The molecule has 8 aromatic heterocycles. The zero-order chi connectivity index (χ0) is 101. The predicted molar refractivity (Wildman–Crippen MR) is 552 cm³/mol. The van der Waals surface area contributed by atoms with Crippen molar-refractivity contribution in [2.24, 2.45) is 17.8 Å². The van der Waals surface area contributed by atoms with E-state index in [-0.39, 0.29) is 66.0 Å². The second kappa shape index (κ2) is 57.8. The molecule has 5 aromatic carbocycles. The first-order valence-electron chi connectivity index (χ1n) is 49.7. The van der Waals surface area contributed by atoms with Gasteiger partial charge >= 0.3 is 0 Å². The number of anilines is 1. The number of amides is 6. The number of benzene rings is 5. The highest BCUT2D eigenvalue weighted by atomic mass is 35.5. The van der Waals surface area contributed by atoms with Crippen LogP contribution in [0.25, 0.3) is 0 Å². The van der Waals surface area contributed by atoms with Crippen molar-refractivity contribution in [2.45, 2.75) is 225 Å². The van der Waals surface area contributed by atoms with Crippen LogP contribution in [0.15, 0.2) is 292 Å². The van der Waals surface area contributed by atoms with Crippen molar-refractivity contribution in [1.82, 2.24) is 66.5 Å². The van der Waals surface area contributed by atoms with Crippen molar-refractivity contribution in [3.63, 3.8) is 0 Å². The summed E-state index contributed by atoms with van der Waals surface area (Å²) in [7, 11) is 1.63. The Labute approximate surface area is 847 Å².